The van der Waals surface area contributed by atoms with Crippen molar-refractivity contribution in [3.05, 3.63) is 0 Å². The van der Waals surface area contributed by atoms with Crippen LogP contribution in [0, 0.1) is 17.8 Å². The van der Waals surface area contributed by atoms with Crippen LogP contribution in [0.15, 0.2) is 0 Å². The van der Waals surface area contributed by atoms with Crippen molar-refractivity contribution in [1.82, 2.24) is 5.32 Å². The molecule has 4 unspecified atom stereocenters. The van der Waals surface area contributed by atoms with E-state index in [0.29, 0.717) is 12.0 Å². The van der Waals surface area contributed by atoms with Gasteiger partial charge in [0.25, 0.3) is 0 Å². The van der Waals surface area contributed by atoms with Crippen molar-refractivity contribution in [1.29, 1.82) is 0 Å². The number of carbonyl (C=O) groups excluding carboxylic acids is 1. The highest BCUT2D eigenvalue weighted by Crippen LogP contribution is 2.48. The summed E-state index contributed by atoms with van der Waals surface area (Å²) in [6, 6.07) is 0.426. The molecule has 2 aliphatic rings. The topological polar surface area (TPSA) is 64.3 Å². The predicted octanol–water partition coefficient (Wildman–Crippen LogP) is 0.122. The van der Waals surface area contributed by atoms with E-state index in [9.17, 15) is 4.79 Å². The Morgan fingerprint density at radius 1 is 1.47 bits per heavy atom. The Labute approximate surface area is 90.5 Å². The standard InChI is InChI=1S/C11H20N2O2/c1-15-6-11(14)13-5-7-2-8-4-10(12)9(8)3-7/h7-10H,2-6,12H2,1H3,(H,13,14). The molecule has 0 aromatic rings. The van der Waals surface area contributed by atoms with Crippen molar-refractivity contribution < 1.29 is 9.53 Å². The summed E-state index contributed by atoms with van der Waals surface area (Å²) in [7, 11) is 1.54. The zero-order chi connectivity index (χ0) is 10.8. The molecule has 2 saturated carbocycles. The molecule has 0 aromatic heterocycles. The average Bonchev–Trinajstić information content (AvgIpc) is 2.53. The third-order valence-corrected chi connectivity index (χ3v) is 3.84. The minimum atomic E-state index is -0.0129. The van der Waals surface area contributed by atoms with Crippen LogP contribution in [0.5, 0.6) is 0 Å². The second kappa shape index (κ2) is 4.49. The highest BCUT2D eigenvalue weighted by atomic mass is 16.5. The van der Waals surface area contributed by atoms with Gasteiger partial charge in [-0.2, -0.15) is 0 Å². The van der Waals surface area contributed by atoms with Gasteiger partial charge in [-0.1, -0.05) is 0 Å². The Morgan fingerprint density at radius 3 is 2.87 bits per heavy atom. The quantitative estimate of drug-likeness (QED) is 0.696. The number of carbonyl (C=O) groups is 1. The summed E-state index contributed by atoms with van der Waals surface area (Å²) >= 11 is 0. The lowest BCUT2D eigenvalue weighted by molar-refractivity contribution is -0.124. The molecule has 3 N–H and O–H groups in total. The zero-order valence-corrected chi connectivity index (χ0v) is 9.24. The first-order valence-electron chi connectivity index (χ1n) is 5.72. The van der Waals surface area contributed by atoms with Crippen molar-refractivity contribution in [3.63, 3.8) is 0 Å². The molecule has 0 aliphatic heterocycles. The second-order valence-corrected chi connectivity index (χ2v) is 4.90. The molecular weight excluding hydrogens is 192 g/mol. The Bertz CT molecular complexity index is 245. The summed E-state index contributed by atoms with van der Waals surface area (Å²) in [5.74, 6) is 2.19. The second-order valence-electron chi connectivity index (χ2n) is 4.90. The van der Waals surface area contributed by atoms with Crippen LogP contribution in [-0.4, -0.2) is 32.2 Å². The maximum Gasteiger partial charge on any atom is 0.245 e. The van der Waals surface area contributed by atoms with E-state index in [0.717, 1.165) is 18.4 Å². The monoisotopic (exact) mass is 212 g/mol. The molecule has 1 amide bonds. The molecule has 86 valence electrons. The number of fused-ring (bicyclic) bond motifs is 1. The largest absolute Gasteiger partial charge is 0.375 e. The summed E-state index contributed by atoms with van der Waals surface area (Å²) in [5, 5.41) is 2.90. The Hall–Kier alpha value is -0.610. The van der Waals surface area contributed by atoms with Crippen molar-refractivity contribution in [2.45, 2.75) is 25.3 Å². The third kappa shape index (κ3) is 2.32. The van der Waals surface area contributed by atoms with Crippen molar-refractivity contribution in [2.24, 2.45) is 23.5 Å². The van der Waals surface area contributed by atoms with Gasteiger partial charge in [0.15, 0.2) is 0 Å². The summed E-state index contributed by atoms with van der Waals surface area (Å²) in [6.45, 7) is 0.959. The molecule has 2 fully saturated rings. The average molecular weight is 212 g/mol. The molecule has 4 heteroatoms. The van der Waals surface area contributed by atoms with Gasteiger partial charge in [-0.25, -0.2) is 0 Å². The van der Waals surface area contributed by atoms with Crippen molar-refractivity contribution in [3.8, 4) is 0 Å². The Kier molecular flexibility index (Phi) is 3.26. The van der Waals surface area contributed by atoms with Crippen LogP contribution in [0.1, 0.15) is 19.3 Å². The fourth-order valence-electron chi connectivity index (χ4n) is 3.01. The lowest BCUT2D eigenvalue weighted by Crippen LogP contribution is -2.44. The molecule has 0 aromatic carbocycles. The SMILES string of the molecule is COCC(=O)NCC1CC2CC(N)C2C1. The molecule has 4 atom stereocenters. The van der Waals surface area contributed by atoms with Gasteiger partial charge in [0.1, 0.15) is 6.61 Å². The predicted molar refractivity (Wildman–Crippen MR) is 57.2 cm³/mol. The van der Waals surface area contributed by atoms with Crippen molar-refractivity contribution >= 4 is 5.91 Å². The first kappa shape index (κ1) is 10.9. The smallest absolute Gasteiger partial charge is 0.245 e. The van der Waals surface area contributed by atoms with Crippen LogP contribution in [0.25, 0.3) is 0 Å². The molecule has 0 bridgehead atoms. The van der Waals surface area contributed by atoms with Crippen LogP contribution in [-0.2, 0) is 9.53 Å². The lowest BCUT2D eigenvalue weighted by Gasteiger charge is -2.37. The highest BCUT2D eigenvalue weighted by Gasteiger charge is 2.45. The van der Waals surface area contributed by atoms with Gasteiger partial charge >= 0.3 is 0 Å². The lowest BCUT2D eigenvalue weighted by atomic mass is 9.72. The summed E-state index contributed by atoms with van der Waals surface area (Å²) < 4.78 is 4.76. The fraction of sp³-hybridized carbons (Fsp3) is 0.909. The summed E-state index contributed by atoms with van der Waals surface area (Å²) in [5.41, 5.74) is 5.92. The van der Waals surface area contributed by atoms with Gasteiger partial charge in [0.05, 0.1) is 0 Å². The van der Waals surface area contributed by atoms with E-state index in [-0.39, 0.29) is 12.5 Å². The van der Waals surface area contributed by atoms with E-state index in [4.69, 9.17) is 10.5 Å². The molecule has 0 radical (unpaired) electrons. The van der Waals surface area contributed by atoms with Gasteiger partial charge in [0, 0.05) is 19.7 Å². The van der Waals surface area contributed by atoms with E-state index >= 15 is 0 Å². The number of nitrogens with two attached hydrogens (primary N) is 1. The van der Waals surface area contributed by atoms with Crippen LogP contribution in [0.3, 0.4) is 0 Å². The first-order valence-corrected chi connectivity index (χ1v) is 5.72. The summed E-state index contributed by atoms with van der Waals surface area (Å²) in [6.07, 6.45) is 3.62. The summed E-state index contributed by atoms with van der Waals surface area (Å²) in [4.78, 5) is 11.2. The molecule has 0 heterocycles. The van der Waals surface area contributed by atoms with Crippen LogP contribution < -0.4 is 11.1 Å². The normalized spacial score (nSPS) is 38.3. The van der Waals surface area contributed by atoms with Gasteiger partial charge < -0.3 is 15.8 Å². The molecule has 2 aliphatic carbocycles. The number of hydrogen-bond donors (Lipinski definition) is 2. The van der Waals surface area contributed by atoms with E-state index in [1.807, 2.05) is 0 Å². The third-order valence-electron chi connectivity index (χ3n) is 3.84. The Morgan fingerprint density at radius 2 is 2.27 bits per heavy atom. The highest BCUT2D eigenvalue weighted by molar-refractivity contribution is 5.77. The van der Waals surface area contributed by atoms with E-state index in [1.54, 1.807) is 0 Å². The van der Waals surface area contributed by atoms with Crippen LogP contribution in [0.4, 0.5) is 0 Å². The molecular formula is C11H20N2O2. The van der Waals surface area contributed by atoms with Crippen LogP contribution in [0.2, 0.25) is 0 Å². The molecule has 2 rings (SSSR count). The minimum absolute atomic E-state index is 0.0129. The fourth-order valence-corrected chi connectivity index (χ4v) is 3.01. The van der Waals surface area contributed by atoms with Gasteiger partial charge in [0.2, 0.25) is 5.91 Å². The minimum Gasteiger partial charge on any atom is -0.375 e. The maximum atomic E-state index is 11.2. The van der Waals surface area contributed by atoms with Gasteiger partial charge in [-0.3, -0.25) is 4.79 Å². The van der Waals surface area contributed by atoms with E-state index in [2.05, 4.69) is 5.32 Å². The van der Waals surface area contributed by atoms with Crippen molar-refractivity contribution in [2.75, 3.05) is 20.3 Å². The maximum absolute atomic E-state index is 11.2. The zero-order valence-electron chi connectivity index (χ0n) is 9.24. The number of rotatable bonds is 4. The molecule has 4 nitrogen and oxygen atoms in total. The van der Waals surface area contributed by atoms with E-state index in [1.165, 1.54) is 26.4 Å². The van der Waals surface area contributed by atoms with Crippen LogP contribution >= 0.6 is 0 Å². The molecule has 0 saturated heterocycles. The molecule has 0 spiro atoms. The number of methoxy groups -OCH3 is 1. The molecule has 15 heavy (non-hydrogen) atoms. The van der Waals surface area contributed by atoms with Gasteiger partial charge in [-0.05, 0) is 37.0 Å². The number of ether oxygens (including phenoxy) is 1. The number of nitrogens with one attached hydrogen (secondary N) is 1. The van der Waals surface area contributed by atoms with E-state index < -0.39 is 0 Å². The number of hydrogen-bond acceptors (Lipinski definition) is 3. The van der Waals surface area contributed by atoms with Gasteiger partial charge in [-0.15, -0.1) is 0 Å². The Balaban J connectivity index is 1.67. The first-order chi connectivity index (χ1) is 7.20. The number of amides is 1.